The molecule has 542 valence electrons. The molecule has 26 heteroatoms. The zero-order valence-corrected chi connectivity index (χ0v) is 62.5. The summed E-state index contributed by atoms with van der Waals surface area (Å²) in [5.41, 5.74) is 13.5. The summed E-state index contributed by atoms with van der Waals surface area (Å²) in [6.45, 7) is 15.0. The number of amides is 2. The van der Waals surface area contributed by atoms with Crippen molar-refractivity contribution in [3.8, 4) is 11.4 Å². The summed E-state index contributed by atoms with van der Waals surface area (Å²) in [4.78, 5) is 96.7. The topological polar surface area (TPSA) is 322 Å². The third-order valence-electron chi connectivity index (χ3n) is 15.3. The van der Waals surface area contributed by atoms with Crippen LogP contribution in [0.1, 0.15) is 178 Å². The van der Waals surface area contributed by atoms with Crippen molar-refractivity contribution in [2.24, 2.45) is 15.0 Å². The maximum atomic E-state index is 11.9. The van der Waals surface area contributed by atoms with Crippen LogP contribution in [0.25, 0.3) is 17.1 Å². The molecule has 3 aliphatic rings. The molecule has 0 aromatic carbocycles. The second-order valence-corrected chi connectivity index (χ2v) is 23.9. The number of aliphatic imine (C=N–C) groups is 3. The number of anilines is 5. The number of nitrogens with zero attached hydrogens (tertiary/aromatic N) is 14. The molecule has 2 amide bonds. The molecule has 0 atom stereocenters. The average molecular weight is 1390 g/mol. The SMILES string of the molecule is CCCCc1cc(C(=O)N(C)C)cc(NC)n1.CCc1cc(C(=O)OC)cc(C(C)C)n1.CCc1cc(C(=O)OC)cc(CC)n1.CNc1cc(-c2ncn[nH]2)ccn1.CNc1cc(C(=O)N(C)C)cc(C2CC2)n1.CNc1cc(C2=CCC=N2)ccn1.CNc1cc(C2=NCC=N2)cc(C)n1. The van der Waals surface area contributed by atoms with E-state index in [1.54, 1.807) is 86.8 Å². The minimum Gasteiger partial charge on any atom is -0.465 e. The summed E-state index contributed by atoms with van der Waals surface area (Å²) < 4.78 is 9.37. The Labute approximate surface area is 600 Å². The normalized spacial score (nSPS) is 12.0. The first-order valence-electron chi connectivity index (χ1n) is 34.2. The van der Waals surface area contributed by atoms with Crippen molar-refractivity contribution in [3.05, 3.63) is 183 Å². The van der Waals surface area contributed by atoms with Gasteiger partial charge in [-0.25, -0.2) is 44.5 Å². The lowest BCUT2D eigenvalue weighted by Gasteiger charge is -2.12. The number of hydrogen-bond donors (Lipinski definition) is 6. The predicted molar refractivity (Wildman–Crippen MR) is 410 cm³/mol. The number of carbonyl (C=O) groups excluding carboxylic acids is 4. The van der Waals surface area contributed by atoms with Gasteiger partial charge in [-0.2, -0.15) is 5.10 Å². The molecule has 8 aromatic rings. The zero-order chi connectivity index (χ0) is 74.7. The van der Waals surface area contributed by atoms with E-state index >= 15 is 0 Å². The van der Waals surface area contributed by atoms with Gasteiger partial charge in [0.25, 0.3) is 11.8 Å². The number of ether oxygens (including phenoxy) is 2. The molecule has 8 aromatic heterocycles. The summed E-state index contributed by atoms with van der Waals surface area (Å²) in [6, 6.07) is 26.2. The minimum absolute atomic E-state index is 0.0154. The van der Waals surface area contributed by atoms with Crippen molar-refractivity contribution >= 4 is 76.8 Å². The van der Waals surface area contributed by atoms with Crippen LogP contribution in [-0.2, 0) is 35.2 Å². The first-order chi connectivity index (χ1) is 49.1. The maximum absolute atomic E-state index is 11.9. The number of aromatic amines is 1. The summed E-state index contributed by atoms with van der Waals surface area (Å²) in [6.07, 6.45) is 19.8. The van der Waals surface area contributed by atoms with Crippen LogP contribution in [0.5, 0.6) is 0 Å². The predicted octanol–water partition coefficient (Wildman–Crippen LogP) is 12.5. The molecule has 0 radical (unpaired) electrons. The number of hydrogen-bond acceptors (Lipinski definition) is 23. The largest absolute Gasteiger partial charge is 0.465 e. The van der Waals surface area contributed by atoms with Crippen LogP contribution in [0.4, 0.5) is 29.1 Å². The number of pyridine rings is 7. The molecular weight excluding hydrogens is 1290 g/mol. The van der Waals surface area contributed by atoms with Gasteiger partial charge in [0, 0.05) is 168 Å². The number of unbranched alkanes of at least 4 members (excludes halogenated alkanes) is 1. The molecule has 102 heavy (non-hydrogen) atoms. The van der Waals surface area contributed by atoms with E-state index in [0.29, 0.717) is 40.6 Å². The molecule has 2 aliphatic heterocycles. The lowest BCUT2D eigenvalue weighted by Crippen LogP contribution is -2.22. The number of methoxy groups -OCH3 is 2. The van der Waals surface area contributed by atoms with E-state index in [1.165, 1.54) is 33.4 Å². The van der Waals surface area contributed by atoms with Crippen LogP contribution in [0.15, 0.2) is 125 Å². The smallest absolute Gasteiger partial charge is 0.337 e. The van der Waals surface area contributed by atoms with Crippen molar-refractivity contribution in [1.82, 2.24) is 59.9 Å². The van der Waals surface area contributed by atoms with Gasteiger partial charge in [-0.1, -0.05) is 54.0 Å². The van der Waals surface area contributed by atoms with Gasteiger partial charge >= 0.3 is 11.9 Å². The van der Waals surface area contributed by atoms with Gasteiger partial charge in [0.05, 0.1) is 37.6 Å². The highest BCUT2D eigenvalue weighted by Crippen LogP contribution is 2.40. The van der Waals surface area contributed by atoms with Crippen molar-refractivity contribution in [3.63, 3.8) is 0 Å². The summed E-state index contributed by atoms with van der Waals surface area (Å²) in [5.74, 6) is 5.94. The Kier molecular flexibility index (Phi) is 34.1. The molecule has 10 heterocycles. The maximum Gasteiger partial charge on any atom is 0.337 e. The molecule has 1 aliphatic carbocycles. The standard InChI is InChI=1S/C13H21N3O.C12H17N3O.C12H17NO2.C11H15NO2.C10H12N4.C10H11N3.C8H9N5/c1-5-6-7-11-8-10(13(17)16(3)4)9-12(14-2)15-11;1-13-11-7-9(12(16)15(2)3)6-10(14-11)8-4-5-8;1-5-10-6-9(12(14)15-4)7-11(13-10)8(2)3;1-4-9-6-8(11(13)14-3)7-10(5-2)12-9;1-7-5-8(6-9(11-2)14-7)10-12-3-4-13-10;1-11-10-7-8(4-6-13-10)9-3-2-5-12-9;1-9-7-4-6(2-3-10-7)8-11-5-12-13-8/h8-9H,5-7H2,1-4H3,(H,14,15);6-8H,4-5H2,1-3H3,(H,13,14);6-8H,5H2,1-4H3;6-7H,4-5H2,1-3H3;3,5-6H,4H2,1-2H3,(H,11,14);3-7H,2H2,1H3,(H,11,13);2-5H,1H3,(H,9,10)(H,11,12,13). The second-order valence-electron chi connectivity index (χ2n) is 23.9. The second kappa shape index (κ2) is 42.7. The Bertz CT molecular complexity index is 4100. The molecule has 11 rings (SSSR count). The minimum atomic E-state index is -0.297. The number of rotatable bonds is 20. The third kappa shape index (κ3) is 26.5. The highest BCUT2D eigenvalue weighted by atomic mass is 16.5. The van der Waals surface area contributed by atoms with Crippen molar-refractivity contribution in [2.45, 2.75) is 118 Å². The molecule has 0 unspecified atom stereocenters. The van der Waals surface area contributed by atoms with Crippen LogP contribution >= 0.6 is 0 Å². The molecule has 0 spiro atoms. The quantitative estimate of drug-likeness (QED) is 0.0386. The van der Waals surface area contributed by atoms with Gasteiger partial charge in [-0.15, -0.1) is 0 Å². The van der Waals surface area contributed by atoms with Crippen LogP contribution in [-0.4, -0.2) is 186 Å². The Hall–Kier alpha value is -11.2. The number of aromatic nitrogens is 10. The Morgan fingerprint density at radius 3 is 1.56 bits per heavy atom. The summed E-state index contributed by atoms with van der Waals surface area (Å²) in [7, 11) is 19.0. The van der Waals surface area contributed by atoms with Gasteiger partial charge < -0.3 is 45.9 Å². The zero-order valence-electron chi connectivity index (χ0n) is 62.5. The van der Waals surface area contributed by atoms with E-state index in [4.69, 9.17) is 4.74 Å². The van der Waals surface area contributed by atoms with E-state index in [-0.39, 0.29) is 23.8 Å². The molecule has 1 fully saturated rings. The van der Waals surface area contributed by atoms with Gasteiger partial charge in [0.1, 0.15) is 35.4 Å². The van der Waals surface area contributed by atoms with Crippen LogP contribution in [0, 0.1) is 6.92 Å². The van der Waals surface area contributed by atoms with E-state index in [0.717, 1.165) is 148 Å². The molecule has 0 bridgehead atoms. The van der Waals surface area contributed by atoms with Crippen LogP contribution < -0.4 is 26.6 Å². The monoisotopic (exact) mass is 1390 g/mol. The van der Waals surface area contributed by atoms with E-state index in [2.05, 4.69) is 123 Å². The average Bonchev–Trinajstić information content (AvgIpc) is 1.74. The lowest BCUT2D eigenvalue weighted by atomic mass is 10.1. The Morgan fingerprint density at radius 2 is 1.08 bits per heavy atom. The van der Waals surface area contributed by atoms with Gasteiger partial charge in [0.15, 0.2) is 11.7 Å². The Balaban J connectivity index is 0.000000215. The first kappa shape index (κ1) is 81.5. The number of aryl methyl sites for hydroxylation is 5. The van der Waals surface area contributed by atoms with Gasteiger partial charge in [-0.05, 0) is 143 Å². The van der Waals surface area contributed by atoms with E-state index in [1.807, 2.05) is 124 Å². The Morgan fingerprint density at radius 1 is 0.559 bits per heavy atom. The van der Waals surface area contributed by atoms with Crippen LogP contribution in [0.3, 0.4) is 0 Å². The number of allylic oxidation sites excluding steroid dienone is 1. The fourth-order valence-electron chi connectivity index (χ4n) is 9.54. The van der Waals surface area contributed by atoms with E-state index in [9.17, 15) is 19.2 Å². The van der Waals surface area contributed by atoms with Crippen molar-refractivity contribution < 1.29 is 28.7 Å². The van der Waals surface area contributed by atoms with Crippen molar-refractivity contribution in [2.75, 3.05) is 111 Å². The fourth-order valence-corrected chi connectivity index (χ4v) is 9.54. The summed E-state index contributed by atoms with van der Waals surface area (Å²) in [5, 5.41) is 21.5. The molecule has 0 saturated heterocycles. The number of amidine groups is 1. The summed E-state index contributed by atoms with van der Waals surface area (Å²) >= 11 is 0. The van der Waals surface area contributed by atoms with Gasteiger partial charge in [-0.3, -0.25) is 34.6 Å². The van der Waals surface area contributed by atoms with Crippen molar-refractivity contribution in [1.29, 1.82) is 0 Å². The highest BCUT2D eigenvalue weighted by molar-refractivity contribution is 6.06. The molecule has 6 N–H and O–H groups in total. The number of nitrogens with one attached hydrogen (secondary N) is 6. The molecule has 1 saturated carbocycles. The number of H-pyrrole nitrogens is 1. The lowest BCUT2D eigenvalue weighted by molar-refractivity contribution is 0.0591. The van der Waals surface area contributed by atoms with E-state index < -0.39 is 0 Å². The first-order valence-corrected chi connectivity index (χ1v) is 34.2. The third-order valence-corrected chi connectivity index (χ3v) is 15.3. The highest BCUT2D eigenvalue weighted by Gasteiger charge is 2.27. The molecular formula is C76H102N20O6. The fraction of sp³-hybridized carbons (Fsp3) is 0.395. The van der Waals surface area contributed by atoms with Gasteiger partial charge in [0.2, 0.25) is 0 Å². The number of esters is 2. The van der Waals surface area contributed by atoms with Crippen LogP contribution in [0.2, 0.25) is 0 Å². The molecule has 26 nitrogen and oxygen atoms in total. The number of carbonyl (C=O) groups is 4.